The van der Waals surface area contributed by atoms with Crippen LogP contribution in [0.1, 0.15) is 36.8 Å². The normalized spacial score (nSPS) is 10.6. The van der Waals surface area contributed by atoms with E-state index in [9.17, 15) is 34.7 Å². The van der Waals surface area contributed by atoms with Gasteiger partial charge in [-0.3, -0.25) is 14.9 Å². The number of nitro groups is 1. The van der Waals surface area contributed by atoms with Crippen LogP contribution < -0.4 is 15.5 Å². The number of benzene rings is 2. The van der Waals surface area contributed by atoms with E-state index in [4.69, 9.17) is 0 Å². The van der Waals surface area contributed by atoms with Crippen LogP contribution in [0.3, 0.4) is 0 Å². The first-order valence-corrected chi connectivity index (χ1v) is 8.38. The SMILES string of the molecule is O=C([O-])c1ccccc1C(=O)NCCc1c(C(=O)[O-])[nH]c2ccc([N+](=O)[O-])cc12. The zero-order chi connectivity index (χ0) is 21.1. The van der Waals surface area contributed by atoms with E-state index in [1.54, 1.807) is 0 Å². The number of carboxylic acids is 2. The smallest absolute Gasteiger partial charge is 0.270 e. The lowest BCUT2D eigenvalue weighted by Crippen LogP contribution is -2.31. The number of hydrogen-bond donors (Lipinski definition) is 2. The van der Waals surface area contributed by atoms with Crippen LogP contribution in [0.15, 0.2) is 42.5 Å². The van der Waals surface area contributed by atoms with Crippen molar-refractivity contribution < 1.29 is 29.5 Å². The van der Waals surface area contributed by atoms with Crippen molar-refractivity contribution in [2.24, 2.45) is 0 Å². The molecule has 0 atom stereocenters. The lowest BCUT2D eigenvalue weighted by molar-refractivity contribution is -0.384. The molecule has 0 aliphatic carbocycles. The highest BCUT2D eigenvalue weighted by atomic mass is 16.6. The zero-order valence-electron chi connectivity index (χ0n) is 14.8. The van der Waals surface area contributed by atoms with Crippen LogP contribution in [-0.4, -0.2) is 34.3 Å². The monoisotopic (exact) mass is 395 g/mol. The quantitative estimate of drug-likeness (QED) is 0.411. The molecule has 10 nitrogen and oxygen atoms in total. The van der Waals surface area contributed by atoms with Gasteiger partial charge in [-0.2, -0.15) is 0 Å². The minimum absolute atomic E-state index is 0.0176. The lowest BCUT2D eigenvalue weighted by Gasteiger charge is -2.11. The number of carboxylic acid groups (broad SMARTS) is 2. The highest BCUT2D eigenvalue weighted by Gasteiger charge is 2.17. The fourth-order valence-corrected chi connectivity index (χ4v) is 3.04. The number of non-ortho nitro benzene ring substituents is 1. The number of hydrogen-bond acceptors (Lipinski definition) is 7. The number of nitrogens with one attached hydrogen (secondary N) is 2. The molecular weight excluding hydrogens is 382 g/mol. The van der Waals surface area contributed by atoms with E-state index in [0.29, 0.717) is 10.9 Å². The molecule has 0 fully saturated rings. The number of aromatic amines is 1. The van der Waals surface area contributed by atoms with Gasteiger partial charge < -0.3 is 30.1 Å². The predicted octanol–water partition coefficient (Wildman–Crippen LogP) is -0.224. The standard InChI is InChI=1S/C19H15N3O7/c23-17(12-3-1-2-4-13(12)18(24)25)20-8-7-11-14-9-10(22(28)29)5-6-15(14)21-16(11)19(26)27/h1-6,9,21H,7-8H2,(H,20,23)(H,24,25)(H,26,27)/p-2. The van der Waals surface area contributed by atoms with E-state index >= 15 is 0 Å². The lowest BCUT2D eigenvalue weighted by atomic mass is 10.1. The number of nitrogens with zero attached hydrogens (tertiary/aromatic N) is 1. The van der Waals surface area contributed by atoms with Crippen LogP contribution in [0.25, 0.3) is 10.9 Å². The van der Waals surface area contributed by atoms with Gasteiger partial charge in [0.2, 0.25) is 0 Å². The largest absolute Gasteiger partial charge is 0.545 e. The minimum atomic E-state index is -1.50. The molecule has 2 N–H and O–H groups in total. The number of fused-ring (bicyclic) bond motifs is 1. The first-order chi connectivity index (χ1) is 13.8. The van der Waals surface area contributed by atoms with E-state index in [1.165, 1.54) is 42.5 Å². The third kappa shape index (κ3) is 3.90. The van der Waals surface area contributed by atoms with Gasteiger partial charge >= 0.3 is 0 Å². The fraction of sp³-hybridized carbons (Fsp3) is 0.105. The van der Waals surface area contributed by atoms with E-state index in [0.717, 1.165) is 0 Å². The van der Waals surface area contributed by atoms with Crippen LogP contribution >= 0.6 is 0 Å². The maximum Gasteiger partial charge on any atom is 0.270 e. The molecule has 2 aromatic carbocycles. The Morgan fingerprint density at radius 1 is 1.00 bits per heavy atom. The van der Waals surface area contributed by atoms with Crippen LogP contribution in [0, 0.1) is 10.1 Å². The van der Waals surface area contributed by atoms with Gasteiger partial charge in [-0.15, -0.1) is 0 Å². The van der Waals surface area contributed by atoms with Crippen molar-refractivity contribution in [2.45, 2.75) is 6.42 Å². The summed E-state index contributed by atoms with van der Waals surface area (Å²) in [6.45, 7) is -0.0455. The average molecular weight is 395 g/mol. The van der Waals surface area contributed by atoms with Crippen LogP contribution in [0.4, 0.5) is 5.69 Å². The van der Waals surface area contributed by atoms with Crippen molar-refractivity contribution in [3.8, 4) is 0 Å². The number of rotatable bonds is 7. The molecule has 0 aliphatic rings. The third-order valence-corrected chi connectivity index (χ3v) is 4.36. The van der Waals surface area contributed by atoms with Crippen molar-refractivity contribution >= 4 is 34.4 Å². The number of aromatic carboxylic acids is 2. The second kappa shape index (κ2) is 7.80. The highest BCUT2D eigenvalue weighted by Crippen LogP contribution is 2.27. The molecule has 0 unspecified atom stereocenters. The number of nitro benzene ring substituents is 1. The van der Waals surface area contributed by atoms with Gasteiger partial charge in [0, 0.05) is 40.7 Å². The van der Waals surface area contributed by atoms with Gasteiger partial charge in [0.1, 0.15) is 0 Å². The van der Waals surface area contributed by atoms with Gasteiger partial charge in [-0.1, -0.05) is 18.2 Å². The Labute approximate surface area is 162 Å². The number of aromatic nitrogens is 1. The number of H-pyrrole nitrogens is 1. The summed E-state index contributed by atoms with van der Waals surface area (Å²) in [6, 6.07) is 9.36. The molecule has 1 aromatic heterocycles. The summed E-state index contributed by atoms with van der Waals surface area (Å²) in [5, 5.41) is 36.4. The molecular formula is C19H13N3O7-2. The minimum Gasteiger partial charge on any atom is -0.545 e. The molecule has 0 saturated heterocycles. The maximum absolute atomic E-state index is 12.3. The molecule has 29 heavy (non-hydrogen) atoms. The molecule has 148 valence electrons. The zero-order valence-corrected chi connectivity index (χ0v) is 14.8. The van der Waals surface area contributed by atoms with Crippen LogP contribution in [-0.2, 0) is 6.42 Å². The third-order valence-electron chi connectivity index (χ3n) is 4.36. The summed E-state index contributed by atoms with van der Waals surface area (Å²) in [7, 11) is 0. The van der Waals surface area contributed by atoms with E-state index in [1.807, 2.05) is 0 Å². The van der Waals surface area contributed by atoms with Crippen molar-refractivity contribution in [1.82, 2.24) is 10.3 Å². The summed E-state index contributed by atoms with van der Waals surface area (Å²) < 4.78 is 0. The summed E-state index contributed by atoms with van der Waals surface area (Å²) in [5.41, 5.74) is -0.222. The summed E-state index contributed by atoms with van der Waals surface area (Å²) >= 11 is 0. The first-order valence-electron chi connectivity index (χ1n) is 8.38. The molecule has 0 spiro atoms. The van der Waals surface area contributed by atoms with E-state index in [-0.39, 0.29) is 41.0 Å². The Hall–Kier alpha value is -4.21. The van der Waals surface area contributed by atoms with Crippen molar-refractivity contribution in [3.63, 3.8) is 0 Å². The molecule has 10 heteroatoms. The highest BCUT2D eigenvalue weighted by molar-refractivity contribution is 6.04. The molecule has 3 rings (SSSR count). The maximum atomic E-state index is 12.3. The van der Waals surface area contributed by atoms with Crippen LogP contribution in [0.5, 0.6) is 0 Å². The Bertz CT molecular complexity index is 1150. The first kappa shape index (κ1) is 19.5. The number of amides is 1. The Morgan fingerprint density at radius 3 is 2.31 bits per heavy atom. The Balaban J connectivity index is 1.85. The van der Waals surface area contributed by atoms with Crippen LogP contribution in [0.2, 0.25) is 0 Å². The van der Waals surface area contributed by atoms with Gasteiger partial charge in [0.05, 0.1) is 22.6 Å². The summed E-state index contributed by atoms with van der Waals surface area (Å²) in [5.74, 6) is -3.67. The van der Waals surface area contributed by atoms with Gasteiger partial charge in [0.15, 0.2) is 0 Å². The molecule has 0 bridgehead atoms. The van der Waals surface area contributed by atoms with Gasteiger partial charge in [-0.25, -0.2) is 0 Å². The molecule has 1 heterocycles. The topological polar surface area (TPSA) is 168 Å². The molecule has 1 amide bonds. The van der Waals surface area contributed by atoms with E-state index < -0.39 is 22.8 Å². The summed E-state index contributed by atoms with van der Waals surface area (Å²) in [6.07, 6.45) is 0.0176. The van der Waals surface area contributed by atoms with Crippen molar-refractivity contribution in [3.05, 3.63) is 75.0 Å². The molecule has 0 aliphatic heterocycles. The molecule has 0 saturated carbocycles. The molecule has 3 aromatic rings. The van der Waals surface area contributed by atoms with E-state index in [2.05, 4.69) is 10.3 Å². The fourth-order valence-electron chi connectivity index (χ4n) is 3.04. The Morgan fingerprint density at radius 2 is 1.69 bits per heavy atom. The number of carbonyl (C=O) groups excluding carboxylic acids is 3. The average Bonchev–Trinajstić information content (AvgIpc) is 3.06. The second-order valence-electron chi connectivity index (χ2n) is 6.09. The second-order valence-corrected chi connectivity index (χ2v) is 6.09. The van der Waals surface area contributed by atoms with Crippen molar-refractivity contribution in [1.29, 1.82) is 0 Å². The summed E-state index contributed by atoms with van der Waals surface area (Å²) in [4.78, 5) is 47.9. The Kier molecular flexibility index (Phi) is 5.26. The van der Waals surface area contributed by atoms with Gasteiger partial charge in [-0.05, 0) is 24.1 Å². The predicted molar refractivity (Wildman–Crippen MR) is 96.1 cm³/mol. The van der Waals surface area contributed by atoms with Crippen molar-refractivity contribution in [2.75, 3.05) is 6.54 Å². The van der Waals surface area contributed by atoms with Gasteiger partial charge in [0.25, 0.3) is 11.6 Å². The number of carbonyl (C=O) groups is 3. The molecule has 0 radical (unpaired) electrons.